The number of nitrogens with one attached hydrogen (secondary N) is 1. The van der Waals surface area contributed by atoms with Crippen LogP contribution in [0.4, 0.5) is 17.6 Å². The Labute approximate surface area is 119 Å². The van der Waals surface area contributed by atoms with E-state index in [2.05, 4.69) is 5.32 Å². The minimum Gasteiger partial charge on any atom is -0.352 e. The van der Waals surface area contributed by atoms with E-state index in [0.29, 0.717) is 18.2 Å². The van der Waals surface area contributed by atoms with Crippen LogP contribution < -0.4 is 5.32 Å². The molecule has 9 heteroatoms. The van der Waals surface area contributed by atoms with Crippen LogP contribution in [0.5, 0.6) is 0 Å². The monoisotopic (exact) mass is 327 g/mol. The van der Waals surface area contributed by atoms with Crippen LogP contribution in [0.25, 0.3) is 0 Å². The molecule has 1 rings (SSSR count). The molecule has 0 fully saturated rings. The molecule has 0 radical (unpaired) electrons. The second-order valence-corrected chi connectivity index (χ2v) is 6.69. The van der Waals surface area contributed by atoms with Crippen LogP contribution in [-0.2, 0) is 16.0 Å². The van der Waals surface area contributed by atoms with E-state index in [1.165, 1.54) is 0 Å². The van der Waals surface area contributed by atoms with Crippen molar-refractivity contribution >= 4 is 15.7 Å². The Kier molecular flexibility index (Phi) is 5.32. The number of rotatable bonds is 5. The molecule has 118 valence electrons. The molecule has 21 heavy (non-hydrogen) atoms. The Morgan fingerprint density at radius 1 is 1.29 bits per heavy atom. The van der Waals surface area contributed by atoms with Crippen molar-refractivity contribution in [3.05, 3.63) is 35.1 Å². The summed E-state index contributed by atoms with van der Waals surface area (Å²) in [4.78, 5) is 11.6. The van der Waals surface area contributed by atoms with Crippen molar-refractivity contribution in [2.75, 3.05) is 18.6 Å². The van der Waals surface area contributed by atoms with Crippen LogP contribution in [0.1, 0.15) is 22.3 Å². The Morgan fingerprint density at radius 2 is 1.90 bits per heavy atom. The smallest absolute Gasteiger partial charge is 0.352 e. The normalized spacial score (nSPS) is 12.2. The molecule has 0 unspecified atom stereocenters. The fraction of sp³-hybridized carbons (Fsp3) is 0.417. The lowest BCUT2D eigenvalue weighted by Gasteiger charge is -2.10. The van der Waals surface area contributed by atoms with Crippen molar-refractivity contribution in [3.8, 4) is 0 Å². The van der Waals surface area contributed by atoms with Crippen LogP contribution in [0.15, 0.2) is 18.2 Å². The predicted octanol–water partition coefficient (Wildman–Crippen LogP) is 2.01. The van der Waals surface area contributed by atoms with Crippen molar-refractivity contribution in [3.63, 3.8) is 0 Å². The van der Waals surface area contributed by atoms with Crippen molar-refractivity contribution in [1.82, 2.24) is 5.32 Å². The topological polar surface area (TPSA) is 63.2 Å². The van der Waals surface area contributed by atoms with Gasteiger partial charge in [0, 0.05) is 12.8 Å². The zero-order chi connectivity index (χ0) is 16.3. The summed E-state index contributed by atoms with van der Waals surface area (Å²) in [5.74, 6) is -2.28. The first-order valence-electron chi connectivity index (χ1n) is 5.83. The molecule has 0 aromatic heterocycles. The summed E-state index contributed by atoms with van der Waals surface area (Å²) in [6.45, 7) is -0.0818. The summed E-state index contributed by atoms with van der Waals surface area (Å²) in [6, 6.07) is 1.52. The van der Waals surface area contributed by atoms with Crippen molar-refractivity contribution < 1.29 is 30.8 Å². The van der Waals surface area contributed by atoms with Crippen LogP contribution in [-0.4, -0.2) is 32.9 Å². The molecule has 0 saturated carbocycles. The highest BCUT2D eigenvalue weighted by atomic mass is 32.2. The minimum atomic E-state index is -4.68. The van der Waals surface area contributed by atoms with Gasteiger partial charge in [-0.1, -0.05) is 0 Å². The molecule has 1 N–H and O–H groups in total. The molecule has 0 aliphatic rings. The number of hydrogen-bond donors (Lipinski definition) is 1. The molecule has 0 atom stereocenters. The Hall–Kier alpha value is -1.64. The second kappa shape index (κ2) is 6.42. The first-order chi connectivity index (χ1) is 9.50. The van der Waals surface area contributed by atoms with Gasteiger partial charge in [-0.25, -0.2) is 12.8 Å². The highest BCUT2D eigenvalue weighted by molar-refractivity contribution is 7.90. The predicted molar refractivity (Wildman–Crippen MR) is 68.1 cm³/mol. The highest BCUT2D eigenvalue weighted by Gasteiger charge is 2.31. The maximum atomic E-state index is 13.4. The zero-order valence-electron chi connectivity index (χ0n) is 11.0. The molecular weight excluding hydrogens is 314 g/mol. The average Bonchev–Trinajstić information content (AvgIpc) is 2.32. The highest BCUT2D eigenvalue weighted by Crippen LogP contribution is 2.30. The van der Waals surface area contributed by atoms with E-state index in [1.54, 1.807) is 0 Å². The summed E-state index contributed by atoms with van der Waals surface area (Å²) in [5.41, 5.74) is -1.87. The lowest BCUT2D eigenvalue weighted by molar-refractivity contribution is -0.137. The van der Waals surface area contributed by atoms with Crippen molar-refractivity contribution in [2.45, 2.75) is 12.6 Å². The first-order valence-corrected chi connectivity index (χ1v) is 7.89. The largest absolute Gasteiger partial charge is 0.416 e. The Bertz CT molecular complexity index is 626. The maximum Gasteiger partial charge on any atom is 0.416 e. The lowest BCUT2D eigenvalue weighted by atomic mass is 10.1. The van der Waals surface area contributed by atoms with E-state index in [1.807, 2.05) is 0 Å². The number of halogens is 4. The Balaban J connectivity index is 2.74. The van der Waals surface area contributed by atoms with E-state index in [0.717, 1.165) is 6.26 Å². The molecule has 1 aromatic rings. The van der Waals surface area contributed by atoms with Gasteiger partial charge in [-0.05, 0) is 24.6 Å². The molecule has 0 heterocycles. The SMILES string of the molecule is CS(=O)(=O)CCCNC(=O)c1cc(C(F)(F)F)ccc1F. The third kappa shape index (κ3) is 5.70. The van der Waals surface area contributed by atoms with Crippen LogP contribution in [0, 0.1) is 5.82 Å². The van der Waals surface area contributed by atoms with E-state index in [9.17, 15) is 30.8 Å². The van der Waals surface area contributed by atoms with E-state index >= 15 is 0 Å². The minimum absolute atomic E-state index is 0.0818. The van der Waals surface area contributed by atoms with Crippen LogP contribution in [0.3, 0.4) is 0 Å². The second-order valence-electron chi connectivity index (χ2n) is 4.43. The first kappa shape index (κ1) is 17.4. The summed E-state index contributed by atoms with van der Waals surface area (Å²) >= 11 is 0. The number of alkyl halides is 3. The van der Waals surface area contributed by atoms with Gasteiger partial charge in [0.2, 0.25) is 0 Å². The summed E-state index contributed by atoms with van der Waals surface area (Å²) in [5, 5.41) is 2.18. The number of carbonyl (C=O) groups excluding carboxylic acids is 1. The Morgan fingerprint density at radius 3 is 2.43 bits per heavy atom. The van der Waals surface area contributed by atoms with Gasteiger partial charge >= 0.3 is 6.18 Å². The van der Waals surface area contributed by atoms with Gasteiger partial charge in [-0.15, -0.1) is 0 Å². The van der Waals surface area contributed by atoms with Gasteiger partial charge in [-0.3, -0.25) is 4.79 Å². The van der Waals surface area contributed by atoms with Crippen LogP contribution >= 0.6 is 0 Å². The summed E-state index contributed by atoms with van der Waals surface area (Å²) in [7, 11) is -3.20. The van der Waals surface area contributed by atoms with Gasteiger partial charge < -0.3 is 5.32 Å². The van der Waals surface area contributed by atoms with Crippen LogP contribution in [0.2, 0.25) is 0 Å². The van der Waals surface area contributed by atoms with Gasteiger partial charge in [0.25, 0.3) is 5.91 Å². The average molecular weight is 327 g/mol. The molecule has 0 saturated heterocycles. The molecule has 0 spiro atoms. The van der Waals surface area contributed by atoms with Gasteiger partial charge in [0.05, 0.1) is 16.9 Å². The molecule has 0 aliphatic heterocycles. The zero-order valence-corrected chi connectivity index (χ0v) is 11.8. The quantitative estimate of drug-likeness (QED) is 0.665. The molecule has 4 nitrogen and oxygen atoms in total. The van der Waals surface area contributed by atoms with Crippen molar-refractivity contribution in [2.24, 2.45) is 0 Å². The van der Waals surface area contributed by atoms with Gasteiger partial charge in [0.1, 0.15) is 15.7 Å². The van der Waals surface area contributed by atoms with E-state index in [-0.39, 0.29) is 18.7 Å². The molecule has 0 bridgehead atoms. The molecule has 0 aliphatic carbocycles. The lowest BCUT2D eigenvalue weighted by Crippen LogP contribution is -2.27. The molecule has 1 aromatic carbocycles. The fourth-order valence-electron chi connectivity index (χ4n) is 1.51. The standard InChI is InChI=1S/C12H13F4NO3S/c1-21(19,20)6-2-5-17-11(18)9-7-8(12(14,15)16)3-4-10(9)13/h3-4,7H,2,5-6H2,1H3,(H,17,18). The van der Waals surface area contributed by atoms with Gasteiger partial charge in [0.15, 0.2) is 0 Å². The number of amides is 1. The van der Waals surface area contributed by atoms with Crippen molar-refractivity contribution in [1.29, 1.82) is 0 Å². The van der Waals surface area contributed by atoms with E-state index < -0.39 is 38.9 Å². The number of sulfone groups is 1. The van der Waals surface area contributed by atoms with Gasteiger partial charge in [-0.2, -0.15) is 13.2 Å². The number of carbonyl (C=O) groups is 1. The number of benzene rings is 1. The van der Waals surface area contributed by atoms with E-state index in [4.69, 9.17) is 0 Å². The molecule has 1 amide bonds. The third-order valence-corrected chi connectivity index (χ3v) is 3.55. The molecular formula is C12H13F4NO3S. The number of hydrogen-bond acceptors (Lipinski definition) is 3. The maximum absolute atomic E-state index is 13.4. The summed E-state index contributed by atoms with van der Waals surface area (Å²) in [6.07, 6.45) is -3.58. The fourth-order valence-corrected chi connectivity index (χ4v) is 2.18. The summed E-state index contributed by atoms with van der Waals surface area (Å²) < 4.78 is 72.5. The third-order valence-electron chi connectivity index (χ3n) is 2.52.